The van der Waals surface area contributed by atoms with E-state index in [1.165, 1.54) is 21.4 Å². The van der Waals surface area contributed by atoms with Crippen molar-refractivity contribution in [3.63, 3.8) is 0 Å². The van der Waals surface area contributed by atoms with Crippen molar-refractivity contribution in [1.82, 2.24) is 25.0 Å². The van der Waals surface area contributed by atoms with Crippen molar-refractivity contribution < 1.29 is 38.3 Å². The van der Waals surface area contributed by atoms with Crippen LogP contribution in [-0.4, -0.2) is 104 Å². The third kappa shape index (κ3) is 10.2. The molecule has 6 N–H and O–H groups in total. The van der Waals surface area contributed by atoms with E-state index < -0.39 is 16.5 Å². The Kier molecular flexibility index (Phi) is 14.4. The van der Waals surface area contributed by atoms with Gasteiger partial charge >= 0.3 is 22.5 Å². The molecule has 1 aliphatic heterocycles. The van der Waals surface area contributed by atoms with Crippen molar-refractivity contribution in [2.75, 3.05) is 46.8 Å². The number of benzene rings is 1. The lowest BCUT2D eigenvalue weighted by molar-refractivity contribution is -0.135. The molecule has 0 bridgehead atoms. The second-order valence-corrected chi connectivity index (χ2v) is 11.3. The van der Waals surface area contributed by atoms with Gasteiger partial charge in [0.1, 0.15) is 0 Å². The minimum Gasteiger partial charge on any atom is -0.361 e. The fourth-order valence-corrected chi connectivity index (χ4v) is 5.68. The molecule has 3 amide bonds. The Labute approximate surface area is 241 Å². The first-order chi connectivity index (χ1) is 19.4. The van der Waals surface area contributed by atoms with Gasteiger partial charge in [-0.1, -0.05) is 18.2 Å². The summed E-state index contributed by atoms with van der Waals surface area (Å²) in [5, 5.41) is 4.16. The van der Waals surface area contributed by atoms with Crippen molar-refractivity contribution in [3.8, 4) is 0 Å². The SMILES string of the molecule is C=CCN1C[C@H](C(=O)N(CCCN(C)C)C(=O)NCC)C[C@@H]2c3cccc4[nH]cc(c34)C[C@H]21.O=[PH](O)O.O=[PH](O)O. The van der Waals surface area contributed by atoms with Crippen LogP contribution in [0.4, 0.5) is 4.79 Å². The molecule has 3 atom stereocenters. The fourth-order valence-electron chi connectivity index (χ4n) is 5.68. The van der Waals surface area contributed by atoms with Gasteiger partial charge in [0.25, 0.3) is 0 Å². The summed E-state index contributed by atoms with van der Waals surface area (Å²) in [6.07, 6.45) is 6.56. The lowest BCUT2D eigenvalue weighted by Gasteiger charge is -2.47. The van der Waals surface area contributed by atoms with Crippen LogP contribution in [0.3, 0.4) is 0 Å². The minimum absolute atomic E-state index is 0.0562. The number of nitrogens with one attached hydrogen (secondary N) is 2. The van der Waals surface area contributed by atoms with Gasteiger partial charge in [0, 0.05) is 55.2 Å². The highest BCUT2D eigenvalue weighted by molar-refractivity contribution is 7.31. The molecule has 0 unspecified atom stereocenters. The van der Waals surface area contributed by atoms with Crippen LogP contribution in [0.1, 0.15) is 36.8 Å². The Balaban J connectivity index is 0.000000653. The van der Waals surface area contributed by atoms with E-state index in [9.17, 15) is 9.59 Å². The first-order valence-electron chi connectivity index (χ1n) is 13.4. The number of amides is 3. The van der Waals surface area contributed by atoms with E-state index in [2.05, 4.69) is 51.1 Å². The molecule has 0 radical (unpaired) electrons. The molecule has 230 valence electrons. The van der Waals surface area contributed by atoms with E-state index in [0.29, 0.717) is 25.7 Å². The predicted octanol–water partition coefficient (Wildman–Crippen LogP) is 1.92. The smallest absolute Gasteiger partial charge is 0.324 e. The van der Waals surface area contributed by atoms with Gasteiger partial charge in [0.2, 0.25) is 5.91 Å². The van der Waals surface area contributed by atoms with Gasteiger partial charge in [0.05, 0.1) is 5.92 Å². The number of likely N-dealkylation sites (tertiary alicyclic amines) is 1. The van der Waals surface area contributed by atoms with Crippen molar-refractivity contribution >= 4 is 39.4 Å². The Morgan fingerprint density at radius 2 is 1.83 bits per heavy atom. The quantitative estimate of drug-likeness (QED) is 0.189. The zero-order valence-electron chi connectivity index (χ0n) is 23.7. The number of piperidine rings is 1. The standard InChI is InChI=1S/C26H37N5O2.2H3O3P/c1-5-11-30-17-19(25(32)31(26(33)27-6-2)13-8-12-29(3)4)14-21-20-9-7-10-22-24(20)18(16-28-22)15-23(21)30;2*1-4(2)3/h5,7,9-10,16,19,21,23,28H,1,6,8,11-15,17H2,2-4H3,(H,27,33);2*4H,(H2,1,2,3)/t19-,21-,23-;;/m1../s1. The summed E-state index contributed by atoms with van der Waals surface area (Å²) in [5.74, 6) is -0.0133. The molecule has 1 aromatic heterocycles. The molecule has 0 saturated carbocycles. The van der Waals surface area contributed by atoms with Crippen molar-refractivity contribution in [1.29, 1.82) is 0 Å². The molecule has 15 heteroatoms. The van der Waals surface area contributed by atoms with Gasteiger partial charge < -0.3 is 34.8 Å². The molecular formula is C26H43N5O8P2. The van der Waals surface area contributed by atoms with Crippen LogP contribution in [0.25, 0.3) is 10.9 Å². The summed E-state index contributed by atoms with van der Waals surface area (Å²) in [4.78, 5) is 64.5. The predicted molar refractivity (Wildman–Crippen MR) is 159 cm³/mol. The molecule has 2 aliphatic rings. The summed E-state index contributed by atoms with van der Waals surface area (Å²) in [7, 11) is -2.25. The Morgan fingerprint density at radius 3 is 2.41 bits per heavy atom. The maximum absolute atomic E-state index is 13.7. The number of imide groups is 1. The number of fused-ring (bicyclic) bond motifs is 2. The van der Waals surface area contributed by atoms with E-state index in [0.717, 1.165) is 37.9 Å². The molecule has 13 nitrogen and oxygen atoms in total. The Bertz CT molecular complexity index is 1200. The van der Waals surface area contributed by atoms with Crippen LogP contribution < -0.4 is 5.32 Å². The van der Waals surface area contributed by atoms with Gasteiger partial charge in [-0.15, -0.1) is 6.58 Å². The van der Waals surface area contributed by atoms with E-state index in [4.69, 9.17) is 28.7 Å². The number of urea groups is 1. The monoisotopic (exact) mass is 615 g/mol. The molecule has 1 aliphatic carbocycles. The molecule has 41 heavy (non-hydrogen) atoms. The third-order valence-electron chi connectivity index (χ3n) is 7.11. The van der Waals surface area contributed by atoms with Crippen LogP contribution >= 0.6 is 16.5 Å². The van der Waals surface area contributed by atoms with Gasteiger partial charge in [-0.3, -0.25) is 23.7 Å². The van der Waals surface area contributed by atoms with E-state index in [1.54, 1.807) is 0 Å². The molecule has 2 aromatic rings. The molecule has 4 rings (SSSR count). The maximum Gasteiger partial charge on any atom is 0.324 e. The number of hydrogen-bond donors (Lipinski definition) is 6. The number of aromatic nitrogens is 1. The number of H-pyrrole nitrogens is 1. The second-order valence-electron chi connectivity index (χ2n) is 10.2. The van der Waals surface area contributed by atoms with E-state index in [-0.39, 0.29) is 23.8 Å². The van der Waals surface area contributed by atoms with Crippen molar-refractivity contribution in [3.05, 3.63) is 48.2 Å². The van der Waals surface area contributed by atoms with Gasteiger partial charge in [0.15, 0.2) is 0 Å². The molecular weight excluding hydrogens is 572 g/mol. The zero-order chi connectivity index (χ0) is 30.7. The Hall–Kier alpha value is -2.34. The number of aromatic amines is 1. The lowest BCUT2D eigenvalue weighted by Crippen LogP contribution is -2.55. The largest absolute Gasteiger partial charge is 0.361 e. The number of carbonyl (C=O) groups excluding carboxylic acids is 2. The third-order valence-corrected chi connectivity index (χ3v) is 7.11. The van der Waals surface area contributed by atoms with Gasteiger partial charge in [-0.2, -0.15) is 0 Å². The maximum atomic E-state index is 13.7. The van der Waals surface area contributed by atoms with E-state index in [1.807, 2.05) is 27.1 Å². The van der Waals surface area contributed by atoms with E-state index >= 15 is 0 Å². The van der Waals surface area contributed by atoms with Gasteiger partial charge in [-0.05, 0) is 64.0 Å². The first-order valence-corrected chi connectivity index (χ1v) is 16.0. The zero-order valence-corrected chi connectivity index (χ0v) is 25.7. The highest BCUT2D eigenvalue weighted by Crippen LogP contribution is 2.45. The summed E-state index contributed by atoms with van der Waals surface area (Å²) < 4.78 is 17.5. The molecule has 0 spiro atoms. The highest BCUT2D eigenvalue weighted by atomic mass is 31.1. The van der Waals surface area contributed by atoms with Gasteiger partial charge in [-0.25, -0.2) is 4.79 Å². The highest BCUT2D eigenvalue weighted by Gasteiger charge is 2.43. The number of nitrogens with zero attached hydrogens (tertiary/aromatic N) is 3. The van der Waals surface area contributed by atoms with Crippen LogP contribution in [0.2, 0.25) is 0 Å². The van der Waals surface area contributed by atoms with Crippen LogP contribution in [-0.2, 0) is 20.3 Å². The summed E-state index contributed by atoms with van der Waals surface area (Å²) in [6, 6.07) is 6.50. The Morgan fingerprint density at radius 1 is 1.17 bits per heavy atom. The average Bonchev–Trinajstić information content (AvgIpc) is 3.30. The van der Waals surface area contributed by atoms with Crippen LogP contribution in [0.5, 0.6) is 0 Å². The van der Waals surface area contributed by atoms with Crippen molar-refractivity contribution in [2.24, 2.45) is 5.92 Å². The summed E-state index contributed by atoms with van der Waals surface area (Å²) >= 11 is 0. The first kappa shape index (κ1) is 34.9. The molecule has 1 saturated heterocycles. The normalized spacial score (nSPS) is 19.6. The second kappa shape index (κ2) is 16.9. The number of rotatable bonds is 8. The lowest BCUT2D eigenvalue weighted by atomic mass is 9.72. The van der Waals surface area contributed by atoms with Crippen LogP contribution in [0.15, 0.2) is 37.1 Å². The van der Waals surface area contributed by atoms with Crippen molar-refractivity contribution in [2.45, 2.75) is 38.1 Å². The molecule has 2 heterocycles. The molecule has 1 aromatic carbocycles. The minimum atomic E-state index is -3.13. The number of carbonyl (C=O) groups is 2. The van der Waals surface area contributed by atoms with Crippen LogP contribution in [0, 0.1) is 5.92 Å². The summed E-state index contributed by atoms with van der Waals surface area (Å²) in [6.45, 7) is 9.02. The molecule has 1 fully saturated rings. The number of hydrogen-bond acceptors (Lipinski definition) is 6. The topological polar surface area (TPSA) is 187 Å². The average molecular weight is 616 g/mol. The fraction of sp³-hybridized carbons (Fsp3) is 0.538. The summed E-state index contributed by atoms with van der Waals surface area (Å²) in [5.41, 5.74) is 3.84.